The van der Waals surface area contributed by atoms with Crippen molar-refractivity contribution in [3.05, 3.63) is 68.3 Å². The number of phenols is 1. The van der Waals surface area contributed by atoms with E-state index in [0.29, 0.717) is 11.6 Å². The highest BCUT2D eigenvalue weighted by Crippen LogP contribution is 2.28. The second-order valence-corrected chi connectivity index (χ2v) is 7.25. The number of non-ortho nitro benzene ring substituents is 1. The normalized spacial score (nSPS) is 13.2. The summed E-state index contributed by atoms with van der Waals surface area (Å²) in [6.07, 6.45) is 3.22. The van der Waals surface area contributed by atoms with Gasteiger partial charge in [0.2, 0.25) is 23.6 Å². The third-order valence-electron chi connectivity index (χ3n) is 4.96. The number of para-hydroxylation sites is 1. The Labute approximate surface area is 192 Å². The maximum Gasteiger partial charge on any atom is 0.311 e. The van der Waals surface area contributed by atoms with E-state index in [9.17, 15) is 25.3 Å². The second-order valence-electron chi connectivity index (χ2n) is 7.25. The fourth-order valence-corrected chi connectivity index (χ4v) is 3.28. The average molecular weight is 465 g/mol. The minimum Gasteiger partial charge on any atom is -0.502 e. The summed E-state index contributed by atoms with van der Waals surface area (Å²) in [7, 11) is 0. The lowest BCUT2D eigenvalue weighted by atomic mass is 10.2. The van der Waals surface area contributed by atoms with Crippen LogP contribution in [0, 0.1) is 20.2 Å². The number of nitro benzene ring substituents is 2. The van der Waals surface area contributed by atoms with Crippen LogP contribution in [0.4, 0.5) is 34.9 Å². The van der Waals surface area contributed by atoms with E-state index in [2.05, 4.69) is 30.8 Å². The molecule has 1 saturated heterocycles. The Kier molecular flexibility index (Phi) is 6.38. The molecule has 2 aromatic carbocycles. The zero-order valence-corrected chi connectivity index (χ0v) is 17.7. The smallest absolute Gasteiger partial charge is 0.311 e. The lowest BCUT2D eigenvalue weighted by molar-refractivity contribution is -0.385. The summed E-state index contributed by atoms with van der Waals surface area (Å²) in [5.41, 5.74) is 2.86. The Balaban J connectivity index is 1.57. The number of hydrogen-bond donors (Lipinski definition) is 3. The van der Waals surface area contributed by atoms with Crippen molar-refractivity contribution in [2.75, 3.05) is 28.7 Å². The van der Waals surface area contributed by atoms with Crippen LogP contribution >= 0.6 is 0 Å². The van der Waals surface area contributed by atoms with Gasteiger partial charge < -0.3 is 15.3 Å². The third kappa shape index (κ3) is 5.12. The Hall–Kier alpha value is -4.88. The molecule has 0 bridgehead atoms. The maximum atomic E-state index is 11.0. The summed E-state index contributed by atoms with van der Waals surface area (Å²) in [6, 6.07) is 9.88. The Morgan fingerprint density at radius 2 is 1.68 bits per heavy atom. The Morgan fingerprint density at radius 1 is 0.971 bits per heavy atom. The number of nitro groups is 2. The van der Waals surface area contributed by atoms with Crippen LogP contribution < -0.4 is 15.6 Å². The van der Waals surface area contributed by atoms with Gasteiger partial charge in [-0.2, -0.15) is 20.1 Å². The van der Waals surface area contributed by atoms with E-state index in [1.54, 1.807) is 0 Å². The number of hydrogen-bond acceptors (Lipinski definition) is 12. The summed E-state index contributed by atoms with van der Waals surface area (Å²) < 4.78 is 0. The fourth-order valence-electron chi connectivity index (χ4n) is 3.28. The van der Waals surface area contributed by atoms with Crippen LogP contribution in [0.2, 0.25) is 0 Å². The van der Waals surface area contributed by atoms with Crippen LogP contribution in [0.5, 0.6) is 5.75 Å². The third-order valence-corrected chi connectivity index (χ3v) is 4.96. The van der Waals surface area contributed by atoms with E-state index in [1.807, 2.05) is 4.90 Å². The highest BCUT2D eigenvalue weighted by atomic mass is 16.6. The van der Waals surface area contributed by atoms with E-state index in [4.69, 9.17) is 0 Å². The number of phenolic OH excluding ortho intramolecular Hbond substituents is 1. The molecule has 0 aliphatic carbocycles. The van der Waals surface area contributed by atoms with Gasteiger partial charge >= 0.3 is 5.69 Å². The lowest BCUT2D eigenvalue weighted by Crippen LogP contribution is -2.21. The highest BCUT2D eigenvalue weighted by Gasteiger charge is 2.18. The Bertz CT molecular complexity index is 1240. The molecule has 34 heavy (non-hydrogen) atoms. The van der Waals surface area contributed by atoms with E-state index < -0.39 is 21.3 Å². The van der Waals surface area contributed by atoms with Gasteiger partial charge in [-0.05, 0) is 31.0 Å². The first-order chi connectivity index (χ1) is 16.4. The molecular weight excluding hydrogens is 446 g/mol. The maximum absolute atomic E-state index is 11.0. The van der Waals surface area contributed by atoms with Gasteiger partial charge in [0.15, 0.2) is 0 Å². The number of benzene rings is 2. The van der Waals surface area contributed by atoms with E-state index in [0.717, 1.165) is 25.9 Å². The van der Waals surface area contributed by atoms with Gasteiger partial charge in [-0.15, -0.1) is 0 Å². The molecule has 0 saturated carbocycles. The predicted molar refractivity (Wildman–Crippen MR) is 124 cm³/mol. The molecule has 1 aliphatic rings. The summed E-state index contributed by atoms with van der Waals surface area (Å²) in [5.74, 6) is 0.212. The summed E-state index contributed by atoms with van der Waals surface area (Å²) in [4.78, 5) is 35.7. The first kappa shape index (κ1) is 22.3. The Morgan fingerprint density at radius 3 is 2.35 bits per heavy atom. The predicted octanol–water partition coefficient (Wildman–Crippen LogP) is 3.18. The molecule has 14 heteroatoms. The number of anilines is 4. The van der Waals surface area contributed by atoms with Gasteiger partial charge in [0.05, 0.1) is 16.1 Å². The molecule has 1 aliphatic heterocycles. The molecule has 1 aromatic heterocycles. The standard InChI is InChI=1S/C20H19N9O5/c30-17-13(4-3-5-16(17)29(33)34)12-21-26-19-23-18(24-20(25-19)27-10-1-2-11-27)22-14-6-8-15(9-7-14)28(31)32/h3-9,12,30H,1-2,10-11H2,(H2,22,23,24,25,26)/b21-12-. The minimum absolute atomic E-state index is 0.0416. The van der Waals surface area contributed by atoms with Crippen molar-refractivity contribution in [3.8, 4) is 5.75 Å². The van der Waals surface area contributed by atoms with E-state index >= 15 is 0 Å². The van der Waals surface area contributed by atoms with Gasteiger partial charge in [-0.1, -0.05) is 6.07 Å². The number of hydrazone groups is 1. The zero-order chi connectivity index (χ0) is 24.1. The quantitative estimate of drug-likeness (QED) is 0.252. The van der Waals surface area contributed by atoms with Crippen LogP contribution in [0.15, 0.2) is 47.6 Å². The zero-order valence-electron chi connectivity index (χ0n) is 17.7. The molecule has 2 heterocycles. The first-order valence-electron chi connectivity index (χ1n) is 10.2. The molecule has 0 atom stereocenters. The molecule has 3 N–H and O–H groups in total. The summed E-state index contributed by atoms with van der Waals surface area (Å²) in [6.45, 7) is 1.57. The molecule has 0 unspecified atom stereocenters. The topological polar surface area (TPSA) is 185 Å². The van der Waals surface area contributed by atoms with Crippen molar-refractivity contribution in [3.63, 3.8) is 0 Å². The van der Waals surface area contributed by atoms with Crippen LogP contribution in [0.1, 0.15) is 18.4 Å². The molecule has 0 radical (unpaired) electrons. The SMILES string of the molecule is O=[N+]([O-])c1ccc(Nc2nc(N/N=C\c3cccc([N+](=O)[O-])c3O)nc(N3CCCC3)n2)cc1. The van der Waals surface area contributed by atoms with Crippen molar-refractivity contribution in [1.29, 1.82) is 0 Å². The molecule has 3 aromatic rings. The van der Waals surface area contributed by atoms with Crippen molar-refractivity contribution in [2.45, 2.75) is 12.8 Å². The molecule has 0 amide bonds. The van der Waals surface area contributed by atoms with Gasteiger partial charge in [-0.25, -0.2) is 5.43 Å². The molecule has 174 valence electrons. The van der Waals surface area contributed by atoms with Crippen molar-refractivity contribution < 1.29 is 15.0 Å². The van der Waals surface area contributed by atoms with Gasteiger partial charge in [0, 0.05) is 42.5 Å². The molecule has 4 rings (SSSR count). The van der Waals surface area contributed by atoms with Crippen molar-refractivity contribution in [2.24, 2.45) is 5.10 Å². The number of aromatic hydroxyl groups is 1. The van der Waals surface area contributed by atoms with Crippen LogP contribution in [0.25, 0.3) is 0 Å². The summed E-state index contributed by atoms with van der Waals surface area (Å²) >= 11 is 0. The van der Waals surface area contributed by atoms with Crippen molar-refractivity contribution >= 4 is 41.1 Å². The number of aromatic nitrogens is 3. The van der Waals surface area contributed by atoms with Crippen LogP contribution in [-0.4, -0.2) is 49.2 Å². The van der Waals surface area contributed by atoms with Crippen LogP contribution in [0.3, 0.4) is 0 Å². The average Bonchev–Trinajstić information content (AvgIpc) is 3.35. The number of nitrogens with zero attached hydrogens (tertiary/aromatic N) is 7. The van der Waals surface area contributed by atoms with Crippen molar-refractivity contribution in [1.82, 2.24) is 15.0 Å². The number of nitrogens with one attached hydrogen (secondary N) is 2. The highest BCUT2D eigenvalue weighted by molar-refractivity contribution is 5.85. The van der Waals surface area contributed by atoms with Gasteiger partial charge in [0.1, 0.15) is 0 Å². The molecule has 14 nitrogen and oxygen atoms in total. The minimum atomic E-state index is -0.690. The second kappa shape index (κ2) is 9.72. The molecular formula is C20H19N9O5. The molecule has 0 spiro atoms. The first-order valence-corrected chi connectivity index (χ1v) is 10.2. The fraction of sp³-hybridized carbons (Fsp3) is 0.200. The van der Waals surface area contributed by atoms with Crippen LogP contribution in [-0.2, 0) is 0 Å². The van der Waals surface area contributed by atoms with E-state index in [-0.39, 0.29) is 23.1 Å². The largest absolute Gasteiger partial charge is 0.502 e. The monoisotopic (exact) mass is 465 g/mol. The van der Waals surface area contributed by atoms with Gasteiger partial charge in [-0.3, -0.25) is 20.2 Å². The number of rotatable bonds is 8. The molecule has 1 fully saturated rings. The van der Waals surface area contributed by atoms with Gasteiger partial charge in [0.25, 0.3) is 5.69 Å². The summed E-state index contributed by atoms with van der Waals surface area (Å²) in [5, 5.41) is 38.9. The lowest BCUT2D eigenvalue weighted by Gasteiger charge is -2.16. The van der Waals surface area contributed by atoms with E-state index in [1.165, 1.54) is 48.7 Å².